The van der Waals surface area contributed by atoms with Crippen molar-refractivity contribution in [1.82, 2.24) is 0 Å². The first-order valence-electron chi connectivity index (χ1n) is 35.6. The number of unbranched alkanes of at least 4 members (excludes halogenated alkanes) is 3. The minimum Gasteiger partial charge on any atom is -0.462 e. The summed E-state index contributed by atoms with van der Waals surface area (Å²) in [6, 6.07) is 0. The van der Waals surface area contributed by atoms with E-state index in [1.807, 2.05) is 26.0 Å². The molecule has 1 fully saturated rings. The van der Waals surface area contributed by atoms with Gasteiger partial charge in [0.15, 0.2) is 6.29 Å². The highest BCUT2D eigenvalue weighted by molar-refractivity contribution is 5.69. The summed E-state index contributed by atoms with van der Waals surface area (Å²) < 4.78 is 17.8. The molecule has 0 saturated carbocycles. The van der Waals surface area contributed by atoms with Crippen LogP contribution in [0.15, 0.2) is 47.6 Å². The Morgan fingerprint density at radius 1 is 0.516 bits per heavy atom. The zero-order valence-corrected chi connectivity index (χ0v) is 59.3. The smallest absolute Gasteiger partial charge is 0.306 e. The number of nitrogens with two attached hydrogens (primary N) is 1. The largest absolute Gasteiger partial charge is 0.462 e. The number of carbonyl (C=O) groups excluding carboxylic acids is 1. The number of hydrogen-bond acceptors (Lipinski definition) is 23. The second kappa shape index (κ2) is 45.5. The maximum atomic E-state index is 13.5. The highest BCUT2D eigenvalue weighted by Gasteiger charge is 2.46. The Kier molecular flexibility index (Phi) is 42.4. The van der Waals surface area contributed by atoms with E-state index in [1.54, 1.807) is 74.5 Å². The fraction of sp³-hybridized carbons (Fsp3) is 0.875. The predicted octanol–water partition coefficient (Wildman–Crippen LogP) is 3.50. The number of aliphatic hydroxyl groups is 18. The second-order valence-corrected chi connectivity index (χ2v) is 29.0. The number of ether oxygens (including phenoxy) is 3. The molecule has 23 nitrogen and oxygen atoms in total. The van der Waals surface area contributed by atoms with Crippen molar-refractivity contribution in [2.45, 2.75) is 327 Å². The number of esters is 1. The predicted molar refractivity (Wildman–Crippen MR) is 362 cm³/mol. The van der Waals surface area contributed by atoms with E-state index in [-0.39, 0.29) is 55.9 Å². The SMILES string of the molecule is CC1=CC(C)C(O)C(C)=CC(O[C@H]2OC(CO)[C@@H](O)[C@H](O)[C@@H]2O)C(O)C(C)C(O)CC(O)C=CC(C)C(O)C(C)CCC(O)CC(O)C(C)C(O)C(C)C(O)CC(O)CC(O)C(C)C(C(C)CCCCCCN)OC(=O)CCCCCC(O)C(C)C(O)CCC=CC(C)C1O. The van der Waals surface area contributed by atoms with E-state index in [0.717, 1.165) is 32.1 Å². The number of carbonyl (C=O) groups is 1. The molecule has 20 N–H and O–H groups in total. The fourth-order valence-corrected chi connectivity index (χ4v) is 13.2. The summed E-state index contributed by atoms with van der Waals surface area (Å²) in [5.74, 6) is -6.35. The molecule has 0 amide bonds. The van der Waals surface area contributed by atoms with Gasteiger partial charge in [0.05, 0.1) is 92.1 Å². The topological polar surface area (TPSA) is 435 Å². The molecule has 0 aromatic rings. The lowest BCUT2D eigenvalue weighted by atomic mass is 9.81. The van der Waals surface area contributed by atoms with Gasteiger partial charge in [-0.25, -0.2) is 0 Å². The lowest BCUT2D eigenvalue weighted by Gasteiger charge is -2.41. The second-order valence-electron chi connectivity index (χ2n) is 29.0. The summed E-state index contributed by atoms with van der Waals surface area (Å²) in [7, 11) is 0. The van der Waals surface area contributed by atoms with E-state index in [1.165, 1.54) is 19.1 Å². The van der Waals surface area contributed by atoms with Crippen LogP contribution >= 0.6 is 0 Å². The van der Waals surface area contributed by atoms with Crippen LogP contribution in [0, 0.1) is 59.2 Å². The number of aliphatic hydroxyl groups excluding tert-OH is 18. The van der Waals surface area contributed by atoms with Crippen LogP contribution in [0.1, 0.15) is 199 Å². The van der Waals surface area contributed by atoms with E-state index in [9.17, 15) is 96.7 Å². The first-order valence-corrected chi connectivity index (χ1v) is 35.6. The molecule has 2 rings (SSSR count). The number of rotatable bonds is 10. The third-order valence-corrected chi connectivity index (χ3v) is 20.8. The Morgan fingerprint density at radius 3 is 1.67 bits per heavy atom. The van der Waals surface area contributed by atoms with Crippen molar-refractivity contribution in [2.75, 3.05) is 13.2 Å². The third kappa shape index (κ3) is 30.4. The molecule has 0 radical (unpaired) electrons. The van der Waals surface area contributed by atoms with Crippen molar-refractivity contribution in [3.05, 3.63) is 47.6 Å². The zero-order valence-electron chi connectivity index (χ0n) is 59.3. The van der Waals surface area contributed by atoms with Crippen molar-refractivity contribution >= 4 is 5.97 Å². The summed E-state index contributed by atoms with van der Waals surface area (Å²) >= 11 is 0. The maximum Gasteiger partial charge on any atom is 0.306 e. The number of cyclic esters (lactones) is 1. The first-order chi connectivity index (χ1) is 44.5. The van der Waals surface area contributed by atoms with E-state index in [2.05, 4.69) is 0 Å². The molecule has 0 spiro atoms. The Hall–Kier alpha value is -2.41. The molecule has 27 unspecified atom stereocenters. The van der Waals surface area contributed by atoms with Crippen molar-refractivity contribution in [1.29, 1.82) is 0 Å². The highest BCUT2D eigenvalue weighted by Crippen LogP contribution is 2.33. The summed E-state index contributed by atoms with van der Waals surface area (Å²) in [6.07, 6.45) is -10.2. The molecular formula is C72H133NO22. The molecule has 2 heterocycles. The van der Waals surface area contributed by atoms with Crippen molar-refractivity contribution < 1.29 is 111 Å². The molecule has 23 heteroatoms. The molecule has 95 heavy (non-hydrogen) atoms. The lowest BCUT2D eigenvalue weighted by molar-refractivity contribution is -0.314. The molecular weight excluding hydrogens is 1230 g/mol. The number of allylic oxidation sites excluding steroid dienone is 1. The van der Waals surface area contributed by atoms with Crippen molar-refractivity contribution in [3.63, 3.8) is 0 Å². The normalized spacial score (nSPS) is 42.5. The van der Waals surface area contributed by atoms with Crippen LogP contribution in [0.2, 0.25) is 0 Å². The molecule has 0 aromatic carbocycles. The third-order valence-electron chi connectivity index (χ3n) is 20.8. The van der Waals surface area contributed by atoms with Crippen LogP contribution in [-0.2, 0) is 19.0 Å². The Morgan fingerprint density at radius 2 is 1.06 bits per heavy atom. The van der Waals surface area contributed by atoms with Crippen LogP contribution in [-0.4, -0.2) is 239 Å². The first kappa shape index (κ1) is 88.7. The Balaban J connectivity index is 2.44. The van der Waals surface area contributed by atoms with Gasteiger partial charge in [-0.2, -0.15) is 0 Å². The lowest BCUT2D eigenvalue weighted by Crippen LogP contribution is -2.60. The molecule has 2 aliphatic rings. The van der Waals surface area contributed by atoms with E-state index in [0.29, 0.717) is 57.1 Å². The molecule has 2 aliphatic heterocycles. The average molecular weight is 1360 g/mol. The standard InChI is InChI=1S/C72H133NO22/c1-39-22-19-20-25-55(79)46(8)54(78)24-17-15-18-26-62(84)95-71(42(4)23-16-13-14-21-31-73)50(12)59(83)37-53(77)36-58(82)48(10)66(88)47(9)56(80)34-51(75)29-27-40(2)63(85)41(3)28-30-52(76)35-57(81)49(11)67(89)60(33-45(7)65(87)44(6)32-43(5)64(39)86)93-72-70(92)69(91)68(90)61(38-74)94-72/h19,22,28,30,32-33,39-42,44,46-61,63-72,74-83,85-92H,13-18,20-21,23-27,29,31,34-38,73H2,1-12H3/t39?,40?,41?,42?,44?,46?,47?,48?,49?,50?,51?,52?,53?,54?,55?,56?,57?,58?,59?,60?,61?,63?,64?,65?,66?,67?,68-,69+,70+,71?,72+/m1/s1. The molecule has 31 atom stereocenters. The Bertz CT molecular complexity index is 2190. The fourth-order valence-electron chi connectivity index (χ4n) is 13.2. The Labute approximate surface area is 567 Å². The van der Waals surface area contributed by atoms with Gasteiger partial charge >= 0.3 is 5.97 Å². The van der Waals surface area contributed by atoms with Gasteiger partial charge < -0.3 is 112 Å². The van der Waals surface area contributed by atoms with E-state index in [4.69, 9.17) is 19.9 Å². The van der Waals surface area contributed by atoms with Gasteiger partial charge in [0.25, 0.3) is 0 Å². The van der Waals surface area contributed by atoms with Gasteiger partial charge in [-0.1, -0.05) is 138 Å². The van der Waals surface area contributed by atoms with Crippen molar-refractivity contribution in [2.24, 2.45) is 64.9 Å². The van der Waals surface area contributed by atoms with Crippen LogP contribution in [0.3, 0.4) is 0 Å². The molecule has 558 valence electrons. The zero-order chi connectivity index (χ0) is 72.1. The molecule has 0 aliphatic carbocycles. The molecule has 1 saturated heterocycles. The minimum atomic E-state index is -1.87. The van der Waals surface area contributed by atoms with Crippen LogP contribution in [0.5, 0.6) is 0 Å². The van der Waals surface area contributed by atoms with Crippen LogP contribution < -0.4 is 5.73 Å². The van der Waals surface area contributed by atoms with Gasteiger partial charge in [-0.05, 0) is 114 Å². The van der Waals surface area contributed by atoms with Gasteiger partial charge in [0.2, 0.25) is 0 Å². The van der Waals surface area contributed by atoms with E-state index < -0.39 is 188 Å². The van der Waals surface area contributed by atoms with Gasteiger partial charge in [0.1, 0.15) is 36.6 Å². The summed E-state index contributed by atoms with van der Waals surface area (Å²) in [6.45, 7) is 20.3. The average Bonchev–Trinajstić information content (AvgIpc) is 0.820. The summed E-state index contributed by atoms with van der Waals surface area (Å²) in [4.78, 5) is 13.5. The monoisotopic (exact) mass is 1360 g/mol. The van der Waals surface area contributed by atoms with Crippen LogP contribution in [0.25, 0.3) is 0 Å². The summed E-state index contributed by atoms with van der Waals surface area (Å²) in [5, 5.41) is 200. The summed E-state index contributed by atoms with van der Waals surface area (Å²) in [5.41, 5.74) is 6.49. The van der Waals surface area contributed by atoms with E-state index >= 15 is 0 Å². The molecule has 0 aromatic heterocycles. The van der Waals surface area contributed by atoms with Crippen LogP contribution in [0.4, 0.5) is 0 Å². The van der Waals surface area contributed by atoms with Gasteiger partial charge in [-0.3, -0.25) is 4.79 Å². The number of hydrogen-bond donors (Lipinski definition) is 19. The van der Waals surface area contributed by atoms with Gasteiger partial charge in [0, 0.05) is 60.2 Å². The highest BCUT2D eigenvalue weighted by atomic mass is 16.7. The minimum absolute atomic E-state index is 0.104. The van der Waals surface area contributed by atoms with Crippen molar-refractivity contribution in [3.8, 4) is 0 Å². The molecule has 0 bridgehead atoms. The van der Waals surface area contributed by atoms with Gasteiger partial charge in [-0.15, -0.1) is 0 Å². The maximum absolute atomic E-state index is 13.5. The quantitative estimate of drug-likeness (QED) is 0.0845.